The molecule has 10 nitrogen and oxygen atoms in total. The highest BCUT2D eigenvalue weighted by molar-refractivity contribution is 7.92. The van der Waals surface area contributed by atoms with Gasteiger partial charge in [-0.2, -0.15) is 5.10 Å². The minimum atomic E-state index is -4.12. The van der Waals surface area contributed by atoms with Gasteiger partial charge in [0.2, 0.25) is 0 Å². The molecule has 0 atom stereocenters. The van der Waals surface area contributed by atoms with Gasteiger partial charge in [0.15, 0.2) is 23.0 Å². The van der Waals surface area contributed by atoms with Crippen LogP contribution in [0.5, 0.6) is 23.0 Å². The number of carbonyl (C=O) groups is 1. The first-order valence-corrected chi connectivity index (χ1v) is 14.2. The minimum Gasteiger partial charge on any atom is -0.493 e. The number of benzene rings is 3. The first-order valence-electron chi connectivity index (χ1n) is 12.8. The molecule has 11 heteroatoms. The van der Waals surface area contributed by atoms with Crippen LogP contribution in [0.2, 0.25) is 0 Å². The number of methoxy groups -OCH3 is 2. The molecule has 3 aromatic carbocycles. The Labute approximate surface area is 235 Å². The monoisotopic (exact) mass is 569 g/mol. The summed E-state index contributed by atoms with van der Waals surface area (Å²) in [7, 11) is -1.19. The SMILES string of the molecule is CCCOc1ccc(/C=N\NC(=O)CN(c2ccc(OC)c(OC)c2)S(=O)(=O)c2ccc(C)cc2)cc1OCC. The van der Waals surface area contributed by atoms with Crippen molar-refractivity contribution in [2.24, 2.45) is 5.10 Å². The second-order valence-electron chi connectivity index (χ2n) is 8.64. The standard InChI is InChI=1S/C29H35N3O7S/c1-6-16-39-26-14-10-22(17-28(26)38-7-2)19-30-31-29(33)20-32(23-11-15-25(36-4)27(18-23)37-5)40(34,35)24-12-8-21(3)9-13-24/h8-15,17-19H,6-7,16,20H2,1-5H3,(H,31,33)/b30-19-. The van der Waals surface area contributed by atoms with Gasteiger partial charge in [0.25, 0.3) is 15.9 Å². The van der Waals surface area contributed by atoms with Crippen molar-refractivity contribution in [2.45, 2.75) is 32.1 Å². The van der Waals surface area contributed by atoms with Crippen LogP contribution in [0.25, 0.3) is 0 Å². The molecule has 0 aromatic heterocycles. The largest absolute Gasteiger partial charge is 0.493 e. The first kappa shape index (κ1) is 30.3. The van der Waals surface area contributed by atoms with Gasteiger partial charge in [0, 0.05) is 6.07 Å². The zero-order valence-corrected chi connectivity index (χ0v) is 24.2. The van der Waals surface area contributed by atoms with Gasteiger partial charge in [-0.1, -0.05) is 24.6 Å². The van der Waals surface area contributed by atoms with Crippen LogP contribution in [0.3, 0.4) is 0 Å². The van der Waals surface area contributed by atoms with E-state index in [1.54, 1.807) is 42.5 Å². The number of nitrogens with zero attached hydrogens (tertiary/aromatic N) is 2. The summed E-state index contributed by atoms with van der Waals surface area (Å²) in [6.07, 6.45) is 2.31. The average molecular weight is 570 g/mol. The fourth-order valence-electron chi connectivity index (χ4n) is 3.68. The zero-order chi connectivity index (χ0) is 29.1. The Bertz CT molecular complexity index is 1420. The molecule has 0 bridgehead atoms. The second-order valence-corrected chi connectivity index (χ2v) is 10.5. The molecule has 3 aromatic rings. The number of ether oxygens (including phenoxy) is 4. The van der Waals surface area contributed by atoms with E-state index in [9.17, 15) is 13.2 Å². The highest BCUT2D eigenvalue weighted by Crippen LogP contribution is 2.34. The summed E-state index contributed by atoms with van der Waals surface area (Å²) in [5.74, 6) is 1.28. The van der Waals surface area contributed by atoms with Crippen LogP contribution < -0.4 is 28.7 Å². The number of amides is 1. The molecular weight excluding hydrogens is 534 g/mol. The molecule has 0 unspecified atom stereocenters. The summed E-state index contributed by atoms with van der Waals surface area (Å²) in [6, 6.07) is 16.3. The van der Waals surface area contributed by atoms with E-state index in [0.717, 1.165) is 16.3 Å². The van der Waals surface area contributed by atoms with Crippen molar-refractivity contribution in [3.63, 3.8) is 0 Å². The highest BCUT2D eigenvalue weighted by atomic mass is 32.2. The molecule has 40 heavy (non-hydrogen) atoms. The van der Waals surface area contributed by atoms with Gasteiger partial charge in [-0.15, -0.1) is 0 Å². The van der Waals surface area contributed by atoms with E-state index in [4.69, 9.17) is 18.9 Å². The number of nitrogens with one attached hydrogen (secondary N) is 1. The van der Waals surface area contributed by atoms with Crippen LogP contribution in [-0.4, -0.2) is 54.5 Å². The average Bonchev–Trinajstić information content (AvgIpc) is 2.95. The third-order valence-electron chi connectivity index (χ3n) is 5.68. The lowest BCUT2D eigenvalue weighted by Gasteiger charge is -2.24. The van der Waals surface area contributed by atoms with Crippen molar-refractivity contribution in [2.75, 3.05) is 38.3 Å². The number of hydrogen-bond acceptors (Lipinski definition) is 8. The predicted molar refractivity (Wildman–Crippen MR) is 154 cm³/mol. The maximum Gasteiger partial charge on any atom is 0.264 e. The van der Waals surface area contributed by atoms with E-state index in [2.05, 4.69) is 10.5 Å². The van der Waals surface area contributed by atoms with Crippen LogP contribution >= 0.6 is 0 Å². The Hall–Kier alpha value is -4.25. The maximum absolute atomic E-state index is 13.6. The molecule has 0 saturated heterocycles. The Balaban J connectivity index is 1.85. The number of hydrogen-bond donors (Lipinski definition) is 1. The van der Waals surface area contributed by atoms with Crippen molar-refractivity contribution < 1.29 is 32.2 Å². The lowest BCUT2D eigenvalue weighted by Crippen LogP contribution is -2.39. The van der Waals surface area contributed by atoms with Gasteiger partial charge in [0.05, 0.1) is 44.2 Å². The van der Waals surface area contributed by atoms with Crippen LogP contribution in [0.1, 0.15) is 31.4 Å². The summed E-state index contributed by atoms with van der Waals surface area (Å²) in [5.41, 5.74) is 4.20. The van der Waals surface area contributed by atoms with E-state index < -0.39 is 22.5 Å². The van der Waals surface area contributed by atoms with Gasteiger partial charge in [-0.25, -0.2) is 13.8 Å². The fourth-order valence-corrected chi connectivity index (χ4v) is 5.09. The predicted octanol–water partition coefficient (Wildman–Crippen LogP) is 4.55. The van der Waals surface area contributed by atoms with Crippen LogP contribution in [0.15, 0.2) is 70.7 Å². The third kappa shape index (κ3) is 7.66. The Morgan fingerprint density at radius 2 is 1.60 bits per heavy atom. The van der Waals surface area contributed by atoms with Crippen molar-refractivity contribution in [1.29, 1.82) is 0 Å². The zero-order valence-electron chi connectivity index (χ0n) is 23.3. The summed E-state index contributed by atoms with van der Waals surface area (Å²) in [6.45, 7) is 6.24. The molecule has 0 heterocycles. The second kappa shape index (κ2) is 14.2. The minimum absolute atomic E-state index is 0.0398. The van der Waals surface area contributed by atoms with Crippen molar-refractivity contribution in [3.8, 4) is 23.0 Å². The van der Waals surface area contributed by atoms with E-state index in [1.165, 1.54) is 38.6 Å². The molecular formula is C29H35N3O7S. The molecule has 0 aliphatic heterocycles. The lowest BCUT2D eigenvalue weighted by atomic mass is 10.2. The normalized spacial score (nSPS) is 11.2. The molecule has 0 aliphatic rings. The van der Waals surface area contributed by atoms with Gasteiger partial charge >= 0.3 is 0 Å². The molecule has 0 radical (unpaired) electrons. The smallest absolute Gasteiger partial charge is 0.264 e. The van der Waals surface area contributed by atoms with Crippen molar-refractivity contribution in [1.82, 2.24) is 5.43 Å². The van der Waals surface area contributed by atoms with Crippen LogP contribution in [0, 0.1) is 6.92 Å². The van der Waals surface area contributed by atoms with Crippen LogP contribution in [0.4, 0.5) is 5.69 Å². The van der Waals surface area contributed by atoms with Gasteiger partial charge < -0.3 is 18.9 Å². The molecule has 0 saturated carbocycles. The molecule has 0 aliphatic carbocycles. The Morgan fingerprint density at radius 3 is 2.25 bits per heavy atom. The molecule has 0 spiro atoms. The van der Waals surface area contributed by atoms with E-state index in [0.29, 0.717) is 41.8 Å². The first-order chi connectivity index (χ1) is 19.2. The molecule has 0 fully saturated rings. The summed E-state index contributed by atoms with van der Waals surface area (Å²) in [4.78, 5) is 13.0. The number of anilines is 1. The molecule has 3 rings (SSSR count). The maximum atomic E-state index is 13.6. The van der Waals surface area contributed by atoms with Gasteiger partial charge in [-0.05, 0) is 68.3 Å². The van der Waals surface area contributed by atoms with E-state index in [-0.39, 0.29) is 10.6 Å². The van der Waals surface area contributed by atoms with Crippen molar-refractivity contribution in [3.05, 3.63) is 71.8 Å². The number of aryl methyl sites for hydroxylation is 1. The van der Waals surface area contributed by atoms with E-state index in [1.807, 2.05) is 20.8 Å². The summed E-state index contributed by atoms with van der Waals surface area (Å²) in [5, 5.41) is 4.02. The third-order valence-corrected chi connectivity index (χ3v) is 7.47. The number of rotatable bonds is 14. The molecule has 214 valence electrons. The Kier molecular flexibility index (Phi) is 10.8. The fraction of sp³-hybridized carbons (Fsp3) is 0.310. The number of hydrazone groups is 1. The number of sulfonamides is 1. The molecule has 1 amide bonds. The van der Waals surface area contributed by atoms with Gasteiger partial charge in [0.1, 0.15) is 6.54 Å². The summed E-state index contributed by atoms with van der Waals surface area (Å²) < 4.78 is 50.3. The lowest BCUT2D eigenvalue weighted by molar-refractivity contribution is -0.119. The highest BCUT2D eigenvalue weighted by Gasteiger charge is 2.28. The van der Waals surface area contributed by atoms with E-state index >= 15 is 0 Å². The van der Waals surface area contributed by atoms with Crippen molar-refractivity contribution >= 4 is 27.8 Å². The summed E-state index contributed by atoms with van der Waals surface area (Å²) >= 11 is 0. The topological polar surface area (TPSA) is 116 Å². The number of carbonyl (C=O) groups excluding carboxylic acids is 1. The molecule has 1 N–H and O–H groups in total. The van der Waals surface area contributed by atoms with Gasteiger partial charge in [-0.3, -0.25) is 9.10 Å². The Morgan fingerprint density at radius 1 is 0.900 bits per heavy atom. The van der Waals surface area contributed by atoms with Crippen LogP contribution in [-0.2, 0) is 14.8 Å². The quantitative estimate of drug-likeness (QED) is 0.224.